The highest BCUT2D eigenvalue weighted by molar-refractivity contribution is 7.26. The number of thiophene rings is 1. The Kier molecular flexibility index (Phi) is 9.06. The van der Waals surface area contributed by atoms with Gasteiger partial charge in [-0.1, -0.05) is 202 Å². The van der Waals surface area contributed by atoms with Gasteiger partial charge in [-0.25, -0.2) is 9.97 Å². The molecule has 0 N–H and O–H groups in total. The first-order valence-corrected chi connectivity index (χ1v) is 22.8. The van der Waals surface area contributed by atoms with Crippen LogP contribution in [0.1, 0.15) is 25.0 Å². The molecule has 1 aliphatic carbocycles. The van der Waals surface area contributed by atoms with E-state index in [-0.39, 0.29) is 5.41 Å². The van der Waals surface area contributed by atoms with Crippen LogP contribution in [0.5, 0.6) is 0 Å². The van der Waals surface area contributed by atoms with Crippen molar-refractivity contribution in [1.82, 2.24) is 9.97 Å². The summed E-state index contributed by atoms with van der Waals surface area (Å²) in [7, 11) is 0. The Morgan fingerprint density at radius 2 is 0.859 bits per heavy atom. The van der Waals surface area contributed by atoms with Gasteiger partial charge in [0.25, 0.3) is 0 Å². The minimum absolute atomic E-state index is 0.110. The van der Waals surface area contributed by atoms with E-state index in [4.69, 9.17) is 9.97 Å². The first-order chi connectivity index (χ1) is 31.5. The van der Waals surface area contributed by atoms with E-state index in [2.05, 4.69) is 226 Å². The van der Waals surface area contributed by atoms with Gasteiger partial charge in [-0.15, -0.1) is 11.3 Å². The van der Waals surface area contributed by atoms with Gasteiger partial charge in [-0.2, -0.15) is 0 Å². The lowest BCUT2D eigenvalue weighted by molar-refractivity contribution is 0.660. The summed E-state index contributed by atoms with van der Waals surface area (Å²) in [6.07, 6.45) is 0. The Balaban J connectivity index is 1.11. The van der Waals surface area contributed by atoms with E-state index in [1.807, 2.05) is 17.4 Å². The van der Waals surface area contributed by atoms with Crippen molar-refractivity contribution < 1.29 is 0 Å². The number of hydrogen-bond donors (Lipinski definition) is 0. The predicted octanol–water partition coefficient (Wildman–Crippen LogP) is 16.8. The molecule has 3 heteroatoms. The van der Waals surface area contributed by atoms with E-state index in [9.17, 15) is 0 Å². The first kappa shape index (κ1) is 38.0. The second kappa shape index (κ2) is 15.3. The lowest BCUT2D eigenvalue weighted by Gasteiger charge is -2.22. The summed E-state index contributed by atoms with van der Waals surface area (Å²) >= 11 is 1.86. The summed E-state index contributed by atoms with van der Waals surface area (Å²) in [6, 6.07) is 79.1. The average molecular weight is 835 g/mol. The van der Waals surface area contributed by atoms with Crippen molar-refractivity contribution in [3.63, 3.8) is 0 Å². The predicted molar refractivity (Wildman–Crippen MR) is 271 cm³/mol. The molecule has 2 heterocycles. The molecule has 1 aliphatic rings. The Bertz CT molecular complexity index is 3580. The molecule has 9 aromatic carbocycles. The monoisotopic (exact) mass is 834 g/mol. The van der Waals surface area contributed by atoms with Crippen LogP contribution in [0.25, 0.3) is 110 Å². The van der Waals surface area contributed by atoms with E-state index in [0.29, 0.717) is 5.82 Å². The van der Waals surface area contributed by atoms with Crippen LogP contribution in [0.2, 0.25) is 0 Å². The molecule has 0 fully saturated rings. The van der Waals surface area contributed by atoms with E-state index >= 15 is 0 Å². The molecule has 64 heavy (non-hydrogen) atoms. The lowest BCUT2D eigenvalue weighted by Crippen LogP contribution is -2.14. The zero-order valence-corrected chi connectivity index (χ0v) is 36.4. The average Bonchev–Trinajstić information content (AvgIpc) is 3.86. The quantitative estimate of drug-likeness (QED) is 0.160. The minimum atomic E-state index is -0.110. The molecular formula is C61H42N2S. The van der Waals surface area contributed by atoms with Crippen LogP contribution in [0.3, 0.4) is 0 Å². The summed E-state index contributed by atoms with van der Waals surface area (Å²) < 4.78 is 2.57. The highest BCUT2D eigenvalue weighted by Crippen LogP contribution is 2.53. The third kappa shape index (κ3) is 6.31. The normalized spacial score (nSPS) is 12.7. The van der Waals surface area contributed by atoms with E-state index in [0.717, 1.165) is 44.8 Å². The zero-order valence-electron chi connectivity index (χ0n) is 35.6. The molecule has 0 unspecified atom stereocenters. The summed E-state index contributed by atoms with van der Waals surface area (Å²) in [5.41, 5.74) is 19.4. The third-order valence-electron chi connectivity index (χ3n) is 13.1. The summed E-state index contributed by atoms with van der Waals surface area (Å²) in [5, 5.41) is 2.57. The Morgan fingerprint density at radius 1 is 0.344 bits per heavy atom. The smallest absolute Gasteiger partial charge is 0.160 e. The Labute approximate surface area is 377 Å². The number of rotatable bonds is 7. The number of nitrogens with zero attached hydrogens (tertiary/aromatic N) is 2. The molecule has 0 bridgehead atoms. The van der Waals surface area contributed by atoms with Gasteiger partial charge in [-0.3, -0.25) is 0 Å². The van der Waals surface area contributed by atoms with Gasteiger partial charge in [0, 0.05) is 42.3 Å². The maximum atomic E-state index is 5.45. The van der Waals surface area contributed by atoms with E-state index in [1.54, 1.807) is 0 Å². The van der Waals surface area contributed by atoms with E-state index < -0.39 is 0 Å². The maximum absolute atomic E-state index is 5.45. The van der Waals surface area contributed by atoms with E-state index in [1.165, 1.54) is 70.2 Å². The van der Waals surface area contributed by atoms with Crippen LogP contribution in [-0.2, 0) is 5.41 Å². The largest absolute Gasteiger partial charge is 0.228 e. The van der Waals surface area contributed by atoms with Crippen molar-refractivity contribution in [3.05, 3.63) is 230 Å². The van der Waals surface area contributed by atoms with Crippen LogP contribution in [-0.4, -0.2) is 9.97 Å². The number of hydrogen-bond acceptors (Lipinski definition) is 3. The second-order valence-corrected chi connectivity index (χ2v) is 18.3. The molecule has 2 nitrogen and oxygen atoms in total. The molecule has 0 saturated carbocycles. The van der Waals surface area contributed by atoms with Gasteiger partial charge < -0.3 is 0 Å². The SMILES string of the molecule is CC1(C)c2ccccc2-c2c(-c3ccccc3-c3cc(-c4cc(-c5ccccc5-c5ccccc5)cc(-c5cccc6c5sc5ccccc56)c4)nc(-c4ccccc4)n3)cccc21. The second-order valence-electron chi connectivity index (χ2n) is 17.3. The highest BCUT2D eigenvalue weighted by atomic mass is 32.1. The van der Waals surface area contributed by atoms with Crippen molar-refractivity contribution in [1.29, 1.82) is 0 Å². The summed E-state index contributed by atoms with van der Waals surface area (Å²) in [4.78, 5) is 10.9. The van der Waals surface area contributed by atoms with Crippen LogP contribution >= 0.6 is 11.3 Å². The van der Waals surface area contributed by atoms with Gasteiger partial charge in [0.15, 0.2) is 5.82 Å². The van der Waals surface area contributed by atoms with Gasteiger partial charge in [0.1, 0.15) is 0 Å². The van der Waals surface area contributed by atoms with Crippen LogP contribution in [0.4, 0.5) is 0 Å². The molecule has 0 atom stereocenters. The molecule has 11 aromatic rings. The fourth-order valence-electron chi connectivity index (χ4n) is 10.0. The molecule has 0 aliphatic heterocycles. The fourth-order valence-corrected chi connectivity index (χ4v) is 11.3. The molecule has 0 spiro atoms. The van der Waals surface area contributed by atoms with Crippen LogP contribution < -0.4 is 0 Å². The summed E-state index contributed by atoms with van der Waals surface area (Å²) in [5.74, 6) is 0.691. The van der Waals surface area contributed by atoms with Gasteiger partial charge in [-0.05, 0) is 97.1 Å². The lowest BCUT2D eigenvalue weighted by atomic mass is 9.81. The topological polar surface area (TPSA) is 25.8 Å². The fraction of sp³-hybridized carbons (Fsp3) is 0.0492. The zero-order chi connectivity index (χ0) is 42.8. The van der Waals surface area contributed by atoms with Crippen LogP contribution in [0.15, 0.2) is 218 Å². The van der Waals surface area contributed by atoms with Crippen LogP contribution in [0, 0.1) is 0 Å². The third-order valence-corrected chi connectivity index (χ3v) is 14.3. The molecule has 2 aromatic heterocycles. The standard InChI is InChI=1S/C61H42N2S/c1-61(2)53-32-15-13-28-52(53)58-50(30-18-33-54(58)61)47-25-11-12-26-48(47)56-38-55(62-60(63-56)40-21-7-4-8-22-40)43-36-41(45-24-10-9-23-44(45)39-19-5-3-6-20-39)35-42(37-43)46-29-17-31-51-49-27-14-16-34-57(49)64-59(46)51/h3-38H,1-2H3. The van der Waals surface area contributed by atoms with Crippen molar-refractivity contribution in [2.75, 3.05) is 0 Å². The Hall–Kier alpha value is -7.72. The first-order valence-electron chi connectivity index (χ1n) is 22.0. The van der Waals surface area contributed by atoms with Crippen molar-refractivity contribution >= 4 is 31.5 Å². The van der Waals surface area contributed by atoms with Crippen molar-refractivity contribution in [2.24, 2.45) is 0 Å². The number of benzene rings is 9. The molecule has 302 valence electrons. The van der Waals surface area contributed by atoms with Gasteiger partial charge in [0.2, 0.25) is 0 Å². The van der Waals surface area contributed by atoms with Crippen molar-refractivity contribution in [2.45, 2.75) is 19.3 Å². The molecule has 0 amide bonds. The maximum Gasteiger partial charge on any atom is 0.160 e. The number of fused-ring (bicyclic) bond motifs is 6. The van der Waals surface area contributed by atoms with Gasteiger partial charge >= 0.3 is 0 Å². The molecule has 12 rings (SSSR count). The molecule has 0 radical (unpaired) electrons. The summed E-state index contributed by atoms with van der Waals surface area (Å²) in [6.45, 7) is 4.69. The highest BCUT2D eigenvalue weighted by Gasteiger charge is 2.37. The minimum Gasteiger partial charge on any atom is -0.228 e. The van der Waals surface area contributed by atoms with Gasteiger partial charge in [0.05, 0.1) is 11.4 Å². The molecule has 0 saturated heterocycles. The number of aromatic nitrogens is 2. The van der Waals surface area contributed by atoms with Crippen molar-refractivity contribution in [3.8, 4) is 89.5 Å². The Morgan fingerprint density at radius 3 is 1.64 bits per heavy atom. The molecular weight excluding hydrogens is 793 g/mol.